The number of benzene rings is 4. The van der Waals surface area contributed by atoms with Gasteiger partial charge in [0, 0.05) is 25.2 Å². The first-order valence-electron chi connectivity index (χ1n) is 13.1. The van der Waals surface area contributed by atoms with Gasteiger partial charge in [-0.15, -0.1) is 0 Å². The van der Waals surface area contributed by atoms with E-state index in [1.807, 2.05) is 0 Å². The van der Waals surface area contributed by atoms with E-state index in [2.05, 4.69) is 31.7 Å². The Balaban J connectivity index is 1.46. The zero-order chi connectivity index (χ0) is 31.6. The summed E-state index contributed by atoms with van der Waals surface area (Å²) in [7, 11) is 0. The number of anilines is 4. The molecule has 4 aromatic carbocycles. The van der Waals surface area contributed by atoms with Crippen LogP contribution in [0.25, 0.3) is 11.1 Å². The van der Waals surface area contributed by atoms with Crippen LogP contribution in [0.5, 0.6) is 0 Å². The smallest absolute Gasteiger partial charge is 0.279 e. The van der Waals surface area contributed by atoms with Gasteiger partial charge in [0.25, 0.3) is 11.8 Å². The summed E-state index contributed by atoms with van der Waals surface area (Å²) in [6.07, 6.45) is 0. The molecule has 4 aromatic rings. The van der Waals surface area contributed by atoms with E-state index in [0.29, 0.717) is 33.9 Å². The molecule has 0 aliphatic carbocycles. The van der Waals surface area contributed by atoms with Crippen LogP contribution in [0.4, 0.5) is 22.7 Å². The van der Waals surface area contributed by atoms with Crippen molar-refractivity contribution in [2.75, 3.05) is 21.5 Å². The second-order valence-electron chi connectivity index (χ2n) is 9.29. The average Bonchev–Trinajstić information content (AvgIpc) is 2.99. The quantitative estimate of drug-likeness (QED) is 0.0832. The van der Waals surface area contributed by atoms with Crippen LogP contribution >= 0.6 is 23.2 Å². The number of nitrogens with one attached hydrogen (secondary N) is 4. The van der Waals surface area contributed by atoms with Crippen molar-refractivity contribution < 1.29 is 19.2 Å². The van der Waals surface area contributed by atoms with Crippen LogP contribution in [0.3, 0.4) is 0 Å². The second kappa shape index (κ2) is 14.7. The Morgan fingerprint density at radius 2 is 0.909 bits per heavy atom. The maximum absolute atomic E-state index is 12.6. The standard InChI is InChI=1S/C32H26Cl2N6O4/c1-19(41)29(31(43)35-23-9-5-3-6-10-23)39-37-27-15-13-21(17-25(27)33)22-14-16-28(26(34)18-22)38-40-30(20(2)42)32(44)36-24-11-7-4-8-12-24/h3-18,37-38H,1-2H3,(H,35,43)(H,36,44)/b39-29-,40-30-. The van der Waals surface area contributed by atoms with Gasteiger partial charge in [-0.05, 0) is 59.7 Å². The normalized spacial score (nSPS) is 11.4. The van der Waals surface area contributed by atoms with Crippen LogP contribution in [0.1, 0.15) is 13.8 Å². The number of hydrazone groups is 2. The van der Waals surface area contributed by atoms with Crippen LogP contribution in [-0.4, -0.2) is 34.8 Å². The van der Waals surface area contributed by atoms with E-state index in [-0.39, 0.29) is 21.5 Å². The number of para-hydroxylation sites is 2. The summed E-state index contributed by atoms with van der Waals surface area (Å²) in [5.41, 5.74) is 7.92. The first-order valence-corrected chi connectivity index (χ1v) is 13.9. The third kappa shape index (κ3) is 8.37. The van der Waals surface area contributed by atoms with E-state index in [0.717, 1.165) is 0 Å². The highest BCUT2D eigenvalue weighted by Crippen LogP contribution is 2.32. The molecule has 2 amide bonds. The lowest BCUT2D eigenvalue weighted by molar-refractivity contribution is -0.116. The monoisotopic (exact) mass is 628 g/mol. The third-order valence-corrected chi connectivity index (χ3v) is 6.63. The zero-order valence-electron chi connectivity index (χ0n) is 23.5. The molecular weight excluding hydrogens is 603 g/mol. The first-order chi connectivity index (χ1) is 21.1. The van der Waals surface area contributed by atoms with Crippen LogP contribution in [0.2, 0.25) is 10.0 Å². The van der Waals surface area contributed by atoms with E-state index < -0.39 is 23.4 Å². The minimum Gasteiger partial charge on any atom is -0.320 e. The summed E-state index contributed by atoms with van der Waals surface area (Å²) < 4.78 is 0. The number of amides is 2. The first kappa shape index (κ1) is 31.6. The topological polar surface area (TPSA) is 141 Å². The number of halogens is 2. The maximum Gasteiger partial charge on any atom is 0.279 e. The van der Waals surface area contributed by atoms with E-state index in [4.69, 9.17) is 23.2 Å². The van der Waals surface area contributed by atoms with Crippen LogP contribution < -0.4 is 21.5 Å². The van der Waals surface area contributed by atoms with Gasteiger partial charge >= 0.3 is 0 Å². The average molecular weight is 630 g/mol. The maximum atomic E-state index is 12.6. The number of carbonyl (C=O) groups is 4. The number of ketones is 2. The highest BCUT2D eigenvalue weighted by Gasteiger charge is 2.19. The molecule has 0 aliphatic heterocycles. The van der Waals surface area contributed by atoms with E-state index in [1.54, 1.807) is 97.1 Å². The van der Waals surface area contributed by atoms with Crippen molar-refractivity contribution in [1.29, 1.82) is 0 Å². The lowest BCUT2D eigenvalue weighted by atomic mass is 10.0. The summed E-state index contributed by atoms with van der Waals surface area (Å²) in [5, 5.41) is 13.8. The molecule has 0 saturated carbocycles. The summed E-state index contributed by atoms with van der Waals surface area (Å²) in [6, 6.07) is 27.5. The molecule has 0 saturated heterocycles. The molecule has 0 atom stereocenters. The Bertz CT molecular complexity index is 1650. The fraction of sp³-hybridized carbons (Fsp3) is 0.0625. The van der Waals surface area contributed by atoms with E-state index >= 15 is 0 Å². The largest absolute Gasteiger partial charge is 0.320 e. The molecule has 0 spiro atoms. The van der Waals surface area contributed by atoms with Gasteiger partial charge in [0.1, 0.15) is 0 Å². The second-order valence-corrected chi connectivity index (χ2v) is 10.1. The molecule has 4 N–H and O–H groups in total. The lowest BCUT2D eigenvalue weighted by Crippen LogP contribution is -2.29. The Morgan fingerprint density at radius 3 is 1.23 bits per heavy atom. The molecule has 44 heavy (non-hydrogen) atoms. The molecule has 0 radical (unpaired) electrons. The minimum absolute atomic E-state index is 0.274. The molecule has 222 valence electrons. The van der Waals surface area contributed by atoms with E-state index in [1.165, 1.54) is 13.8 Å². The zero-order valence-corrected chi connectivity index (χ0v) is 25.0. The molecule has 0 unspecified atom stereocenters. The molecule has 0 fully saturated rings. The number of rotatable bonds is 11. The minimum atomic E-state index is -0.663. The van der Waals surface area contributed by atoms with Crippen LogP contribution in [-0.2, 0) is 19.2 Å². The lowest BCUT2D eigenvalue weighted by Gasteiger charge is -2.11. The predicted octanol–water partition coefficient (Wildman–Crippen LogP) is 6.65. The van der Waals surface area contributed by atoms with Crippen molar-refractivity contribution in [3.05, 3.63) is 107 Å². The molecule has 4 rings (SSSR count). The van der Waals surface area contributed by atoms with E-state index in [9.17, 15) is 19.2 Å². The van der Waals surface area contributed by atoms with Crippen molar-refractivity contribution >= 4 is 80.8 Å². The van der Waals surface area contributed by atoms with Crippen LogP contribution in [0, 0.1) is 0 Å². The van der Waals surface area contributed by atoms with Gasteiger partial charge in [0.2, 0.25) is 0 Å². The predicted molar refractivity (Wildman–Crippen MR) is 176 cm³/mol. The summed E-state index contributed by atoms with van der Waals surface area (Å²) in [4.78, 5) is 49.3. The number of carbonyl (C=O) groups excluding carboxylic acids is 4. The Kier molecular flexibility index (Phi) is 10.6. The summed E-state index contributed by atoms with van der Waals surface area (Å²) in [5.74, 6) is -2.38. The van der Waals surface area contributed by atoms with Gasteiger partial charge in [0.15, 0.2) is 23.0 Å². The fourth-order valence-corrected chi connectivity index (χ4v) is 4.25. The fourth-order valence-electron chi connectivity index (χ4n) is 3.81. The molecule has 0 bridgehead atoms. The van der Waals surface area contributed by atoms with Gasteiger partial charge < -0.3 is 10.6 Å². The molecular formula is C32H26Cl2N6O4. The van der Waals surface area contributed by atoms with Crippen molar-refractivity contribution in [2.24, 2.45) is 10.2 Å². The summed E-state index contributed by atoms with van der Waals surface area (Å²) in [6.45, 7) is 2.48. The van der Waals surface area contributed by atoms with Crippen molar-refractivity contribution in [1.82, 2.24) is 0 Å². The number of Topliss-reactive ketones (excluding diaryl/α,β-unsaturated/α-hetero) is 2. The van der Waals surface area contributed by atoms with Gasteiger partial charge in [-0.25, -0.2) is 0 Å². The van der Waals surface area contributed by atoms with Gasteiger partial charge in [-0.2, -0.15) is 10.2 Å². The summed E-state index contributed by atoms with van der Waals surface area (Å²) >= 11 is 12.9. The number of hydrogen-bond acceptors (Lipinski definition) is 8. The highest BCUT2D eigenvalue weighted by atomic mass is 35.5. The van der Waals surface area contributed by atoms with Crippen molar-refractivity contribution in [3.63, 3.8) is 0 Å². The SMILES string of the molecule is CC(=O)/C(=N/Nc1ccc(-c2ccc(N/N=C(/C(C)=O)C(=O)Nc3ccccc3)c(Cl)c2)cc1Cl)C(=O)Nc1ccccc1. The van der Waals surface area contributed by atoms with Gasteiger partial charge in [-0.1, -0.05) is 71.7 Å². The Labute approximate surface area is 263 Å². The molecule has 0 aliphatic rings. The van der Waals surface area contributed by atoms with Gasteiger partial charge in [-0.3, -0.25) is 30.0 Å². The highest BCUT2D eigenvalue weighted by molar-refractivity contribution is 6.67. The molecule has 0 aromatic heterocycles. The van der Waals surface area contributed by atoms with Crippen LogP contribution in [0.15, 0.2) is 107 Å². The molecule has 12 heteroatoms. The van der Waals surface area contributed by atoms with Gasteiger partial charge in [0.05, 0.1) is 21.4 Å². The third-order valence-electron chi connectivity index (χ3n) is 6.01. The Morgan fingerprint density at radius 1 is 0.545 bits per heavy atom. The molecule has 0 heterocycles. The number of hydrogen-bond donors (Lipinski definition) is 4. The Hall–Kier alpha value is -5.32. The van der Waals surface area contributed by atoms with Crippen molar-refractivity contribution in [2.45, 2.75) is 13.8 Å². The molecule has 10 nitrogen and oxygen atoms in total. The number of nitrogens with zero attached hydrogens (tertiary/aromatic N) is 2. The van der Waals surface area contributed by atoms with Crippen molar-refractivity contribution in [3.8, 4) is 11.1 Å².